The first-order valence-electron chi connectivity index (χ1n) is 12.9. The zero-order chi connectivity index (χ0) is 27.4. The molecule has 6 heteroatoms. The molecule has 0 amide bonds. The van der Waals surface area contributed by atoms with Gasteiger partial charge in [0.1, 0.15) is 11.5 Å². The SMILES string of the molecule is CCCCOc1cc(C#Cc2ccc(C)cc2)c(OCCCS(=O)(=O)O)cc1C#Cc1ccc(CC)cc1. The van der Waals surface area contributed by atoms with Crippen molar-refractivity contribution in [3.05, 3.63) is 94.0 Å². The predicted molar refractivity (Wildman–Crippen MR) is 152 cm³/mol. The van der Waals surface area contributed by atoms with Crippen LogP contribution in [0.3, 0.4) is 0 Å². The number of benzene rings is 3. The molecule has 0 atom stereocenters. The lowest BCUT2D eigenvalue weighted by molar-refractivity contribution is 0.302. The summed E-state index contributed by atoms with van der Waals surface area (Å²) in [6.07, 6.45) is 3.01. The molecule has 0 fully saturated rings. The largest absolute Gasteiger partial charge is 0.492 e. The molecular formula is C32H34O5S. The van der Waals surface area contributed by atoms with Crippen molar-refractivity contribution in [1.29, 1.82) is 0 Å². The average Bonchev–Trinajstić information content (AvgIpc) is 2.90. The second-order valence-corrected chi connectivity index (χ2v) is 10.5. The first kappa shape index (κ1) is 28.9. The minimum absolute atomic E-state index is 0.0976. The molecule has 0 saturated carbocycles. The fraction of sp³-hybridized carbons (Fsp3) is 0.312. The molecular weight excluding hydrogens is 496 g/mol. The van der Waals surface area contributed by atoms with E-state index < -0.39 is 10.1 Å². The molecule has 0 spiro atoms. The molecule has 0 aromatic heterocycles. The summed E-state index contributed by atoms with van der Waals surface area (Å²) in [5, 5.41) is 0. The Balaban J connectivity index is 2.00. The number of hydrogen-bond donors (Lipinski definition) is 1. The van der Waals surface area contributed by atoms with Crippen LogP contribution < -0.4 is 9.47 Å². The van der Waals surface area contributed by atoms with Gasteiger partial charge in [-0.3, -0.25) is 4.55 Å². The third-order valence-electron chi connectivity index (χ3n) is 5.74. The fourth-order valence-corrected chi connectivity index (χ4v) is 3.97. The Hall–Kier alpha value is -3.71. The van der Waals surface area contributed by atoms with Gasteiger partial charge >= 0.3 is 0 Å². The highest BCUT2D eigenvalue weighted by Gasteiger charge is 2.12. The van der Waals surface area contributed by atoms with Crippen molar-refractivity contribution in [2.24, 2.45) is 0 Å². The van der Waals surface area contributed by atoms with Gasteiger partial charge in [0, 0.05) is 23.3 Å². The van der Waals surface area contributed by atoms with Gasteiger partial charge in [-0.25, -0.2) is 0 Å². The molecule has 0 saturated heterocycles. The number of rotatable bonds is 10. The standard InChI is InChI=1S/C32H34O5S/c1-4-6-20-36-31-23-30(18-16-27-10-8-25(3)9-11-27)32(37-21-7-22-38(33,34)35)24-29(31)19-17-28-14-12-26(5-2)13-15-28/h8-15,23-24H,4-7,20-22H2,1-3H3,(H,33,34,35). The van der Waals surface area contributed by atoms with Gasteiger partial charge in [0.2, 0.25) is 0 Å². The second-order valence-electron chi connectivity index (χ2n) is 8.95. The Kier molecular flexibility index (Phi) is 10.8. The van der Waals surface area contributed by atoms with Crippen LogP contribution in [-0.4, -0.2) is 31.9 Å². The van der Waals surface area contributed by atoms with Crippen molar-refractivity contribution >= 4 is 10.1 Å². The molecule has 0 aliphatic heterocycles. The summed E-state index contributed by atoms with van der Waals surface area (Å²) in [6.45, 7) is 6.89. The lowest BCUT2D eigenvalue weighted by Crippen LogP contribution is -2.09. The van der Waals surface area contributed by atoms with Crippen molar-refractivity contribution < 1.29 is 22.4 Å². The van der Waals surface area contributed by atoms with Crippen LogP contribution >= 0.6 is 0 Å². The van der Waals surface area contributed by atoms with E-state index in [1.165, 1.54) is 5.56 Å². The van der Waals surface area contributed by atoms with Crippen LogP contribution in [0, 0.1) is 30.6 Å². The smallest absolute Gasteiger partial charge is 0.264 e. The molecule has 198 valence electrons. The van der Waals surface area contributed by atoms with Gasteiger partial charge in [-0.2, -0.15) is 8.42 Å². The quantitative estimate of drug-likeness (QED) is 0.192. The molecule has 0 aliphatic rings. The molecule has 38 heavy (non-hydrogen) atoms. The van der Waals surface area contributed by atoms with Crippen LogP contribution in [-0.2, 0) is 16.5 Å². The van der Waals surface area contributed by atoms with Crippen molar-refractivity contribution in [3.63, 3.8) is 0 Å². The maximum atomic E-state index is 11.1. The molecule has 3 aromatic rings. The first-order chi connectivity index (χ1) is 18.3. The lowest BCUT2D eigenvalue weighted by Gasteiger charge is -2.13. The molecule has 3 aromatic carbocycles. The summed E-state index contributed by atoms with van der Waals surface area (Å²) >= 11 is 0. The van der Waals surface area contributed by atoms with Gasteiger partial charge < -0.3 is 9.47 Å². The molecule has 0 unspecified atom stereocenters. The predicted octanol–water partition coefficient (Wildman–Crippen LogP) is 6.19. The second kappa shape index (κ2) is 14.3. The normalized spacial score (nSPS) is 10.6. The van der Waals surface area contributed by atoms with Gasteiger partial charge in [-0.15, -0.1) is 0 Å². The molecule has 0 radical (unpaired) electrons. The molecule has 1 N–H and O–H groups in total. The molecule has 0 heterocycles. The Morgan fingerprint density at radius 2 is 1.24 bits per heavy atom. The Labute approximate surface area is 227 Å². The van der Waals surface area contributed by atoms with E-state index in [4.69, 9.17) is 14.0 Å². The zero-order valence-corrected chi connectivity index (χ0v) is 23.0. The van der Waals surface area contributed by atoms with Gasteiger partial charge in [-0.1, -0.05) is 73.8 Å². The van der Waals surface area contributed by atoms with E-state index in [2.05, 4.69) is 49.7 Å². The van der Waals surface area contributed by atoms with E-state index in [0.29, 0.717) is 29.2 Å². The Bertz CT molecular complexity index is 1430. The van der Waals surface area contributed by atoms with Crippen molar-refractivity contribution in [3.8, 4) is 35.2 Å². The van der Waals surface area contributed by atoms with E-state index in [1.807, 2.05) is 49.4 Å². The highest BCUT2D eigenvalue weighted by atomic mass is 32.2. The van der Waals surface area contributed by atoms with Crippen LogP contribution in [0.5, 0.6) is 11.5 Å². The highest BCUT2D eigenvalue weighted by molar-refractivity contribution is 7.85. The topological polar surface area (TPSA) is 72.8 Å². The summed E-state index contributed by atoms with van der Waals surface area (Å²) in [6, 6.07) is 19.7. The third-order valence-corrected chi connectivity index (χ3v) is 6.54. The number of unbranched alkanes of at least 4 members (excludes halogenated alkanes) is 1. The maximum Gasteiger partial charge on any atom is 0.264 e. The summed E-state index contributed by atoms with van der Waals surface area (Å²) in [5.41, 5.74) is 5.42. The van der Waals surface area contributed by atoms with Gasteiger partial charge in [-0.05, 0) is 56.0 Å². The summed E-state index contributed by atoms with van der Waals surface area (Å²) in [5.74, 6) is 13.5. The number of hydrogen-bond acceptors (Lipinski definition) is 4. The molecule has 0 bridgehead atoms. The minimum atomic E-state index is -4.06. The summed E-state index contributed by atoms with van der Waals surface area (Å²) < 4.78 is 43.3. The minimum Gasteiger partial charge on any atom is -0.492 e. The van der Waals surface area contributed by atoms with Crippen molar-refractivity contribution in [2.45, 2.75) is 46.5 Å². The van der Waals surface area contributed by atoms with E-state index in [0.717, 1.165) is 36.0 Å². The van der Waals surface area contributed by atoms with Crippen LogP contribution in [0.2, 0.25) is 0 Å². The molecule has 5 nitrogen and oxygen atoms in total. The molecule has 0 aliphatic carbocycles. The molecule has 3 rings (SSSR count). The van der Waals surface area contributed by atoms with Crippen LogP contribution in [0.4, 0.5) is 0 Å². The lowest BCUT2D eigenvalue weighted by atomic mass is 10.1. The Morgan fingerprint density at radius 3 is 1.71 bits per heavy atom. The van der Waals surface area contributed by atoms with Crippen LogP contribution in [0.1, 0.15) is 66.5 Å². The van der Waals surface area contributed by atoms with Gasteiger partial charge in [0.15, 0.2) is 0 Å². The summed E-state index contributed by atoms with van der Waals surface area (Å²) in [7, 11) is -4.06. The van der Waals surface area contributed by atoms with E-state index in [-0.39, 0.29) is 18.8 Å². The van der Waals surface area contributed by atoms with Crippen molar-refractivity contribution in [2.75, 3.05) is 19.0 Å². The summed E-state index contributed by atoms with van der Waals surface area (Å²) in [4.78, 5) is 0. The first-order valence-corrected chi connectivity index (χ1v) is 14.5. The Morgan fingerprint density at radius 1 is 0.737 bits per heavy atom. The highest BCUT2D eigenvalue weighted by Crippen LogP contribution is 2.29. The van der Waals surface area contributed by atoms with E-state index in [9.17, 15) is 8.42 Å². The van der Waals surface area contributed by atoms with Crippen molar-refractivity contribution in [1.82, 2.24) is 0 Å². The number of ether oxygens (including phenoxy) is 2. The third kappa shape index (κ3) is 9.63. The van der Waals surface area contributed by atoms with E-state index >= 15 is 0 Å². The average molecular weight is 531 g/mol. The van der Waals surface area contributed by atoms with Crippen LogP contribution in [0.15, 0.2) is 60.7 Å². The fourth-order valence-electron chi connectivity index (χ4n) is 3.48. The number of aryl methyl sites for hydroxylation is 2. The van der Waals surface area contributed by atoms with Gasteiger partial charge in [0.05, 0.1) is 30.1 Å². The zero-order valence-electron chi connectivity index (χ0n) is 22.2. The van der Waals surface area contributed by atoms with E-state index in [1.54, 1.807) is 6.07 Å². The maximum absolute atomic E-state index is 11.1. The van der Waals surface area contributed by atoms with Crippen LogP contribution in [0.25, 0.3) is 0 Å². The van der Waals surface area contributed by atoms with Gasteiger partial charge in [0.25, 0.3) is 10.1 Å². The monoisotopic (exact) mass is 530 g/mol.